The molecule has 0 bridgehead atoms. The van der Waals surface area contributed by atoms with Crippen molar-refractivity contribution in [3.05, 3.63) is 59.2 Å². The van der Waals surface area contributed by atoms with Crippen molar-refractivity contribution in [2.45, 2.75) is 59.3 Å². The summed E-state index contributed by atoms with van der Waals surface area (Å²) >= 11 is 0. The van der Waals surface area contributed by atoms with E-state index in [1.165, 1.54) is 27.8 Å². The standard InChI is InChI=1S/C21H28/c1-15-8-10-16(11-9-15)18-13-12-17(20(2,3)4)14-19(18)21(5,6)7/h8-14H,1-7H3. The van der Waals surface area contributed by atoms with Crippen LogP contribution in [0.2, 0.25) is 0 Å². The summed E-state index contributed by atoms with van der Waals surface area (Å²) < 4.78 is 0. The lowest BCUT2D eigenvalue weighted by Gasteiger charge is -2.27. The predicted molar refractivity (Wildman–Crippen MR) is 94.0 cm³/mol. The van der Waals surface area contributed by atoms with E-state index in [9.17, 15) is 0 Å². The van der Waals surface area contributed by atoms with Gasteiger partial charge in [0.25, 0.3) is 0 Å². The van der Waals surface area contributed by atoms with Crippen LogP contribution in [0.5, 0.6) is 0 Å². The van der Waals surface area contributed by atoms with Gasteiger partial charge in [0.2, 0.25) is 0 Å². The maximum Gasteiger partial charge on any atom is -0.0126 e. The van der Waals surface area contributed by atoms with Crippen LogP contribution >= 0.6 is 0 Å². The lowest BCUT2D eigenvalue weighted by molar-refractivity contribution is 0.570. The van der Waals surface area contributed by atoms with Crippen molar-refractivity contribution in [1.82, 2.24) is 0 Å². The Balaban J connectivity index is 2.63. The Labute approximate surface area is 130 Å². The Morgan fingerprint density at radius 2 is 1.24 bits per heavy atom. The molecule has 0 saturated heterocycles. The number of rotatable bonds is 1. The first-order valence-corrected chi connectivity index (χ1v) is 7.81. The van der Waals surface area contributed by atoms with Crippen LogP contribution in [-0.4, -0.2) is 0 Å². The summed E-state index contributed by atoms with van der Waals surface area (Å²) in [5.74, 6) is 0. The van der Waals surface area contributed by atoms with Crippen LogP contribution in [-0.2, 0) is 10.8 Å². The summed E-state index contributed by atoms with van der Waals surface area (Å²) in [6, 6.07) is 15.8. The van der Waals surface area contributed by atoms with E-state index >= 15 is 0 Å². The van der Waals surface area contributed by atoms with Gasteiger partial charge in [0, 0.05) is 0 Å². The molecule has 0 spiro atoms. The van der Waals surface area contributed by atoms with Gasteiger partial charge in [-0.3, -0.25) is 0 Å². The second kappa shape index (κ2) is 5.33. The smallest absolute Gasteiger partial charge is 0.0126 e. The predicted octanol–water partition coefficient (Wildman–Crippen LogP) is 6.26. The van der Waals surface area contributed by atoms with E-state index in [1.54, 1.807) is 0 Å². The maximum absolute atomic E-state index is 2.40. The van der Waals surface area contributed by atoms with Gasteiger partial charge in [0.1, 0.15) is 0 Å². The Morgan fingerprint density at radius 1 is 0.667 bits per heavy atom. The summed E-state index contributed by atoms with van der Waals surface area (Å²) in [4.78, 5) is 0. The second-order valence-electron chi connectivity index (χ2n) is 8.13. The molecule has 0 aliphatic heterocycles. The van der Waals surface area contributed by atoms with E-state index < -0.39 is 0 Å². The minimum absolute atomic E-state index is 0.140. The van der Waals surface area contributed by atoms with E-state index in [0.717, 1.165) is 0 Å². The Kier molecular flexibility index (Phi) is 4.02. The fourth-order valence-corrected chi connectivity index (χ4v) is 2.62. The monoisotopic (exact) mass is 280 g/mol. The average Bonchev–Trinajstić information content (AvgIpc) is 2.37. The van der Waals surface area contributed by atoms with Crippen LogP contribution in [0.1, 0.15) is 58.2 Å². The quantitative estimate of drug-likeness (QED) is 0.578. The molecular formula is C21H28. The van der Waals surface area contributed by atoms with Crippen molar-refractivity contribution >= 4 is 0 Å². The lowest BCUT2D eigenvalue weighted by Crippen LogP contribution is -2.17. The molecule has 0 aromatic heterocycles. The zero-order valence-electron chi connectivity index (χ0n) is 14.5. The first-order valence-electron chi connectivity index (χ1n) is 7.81. The van der Waals surface area contributed by atoms with Gasteiger partial charge in [-0.1, -0.05) is 89.6 Å². The molecule has 0 heteroatoms. The number of benzene rings is 2. The summed E-state index contributed by atoms with van der Waals surface area (Å²) in [5, 5.41) is 0. The van der Waals surface area contributed by atoms with Gasteiger partial charge in [-0.25, -0.2) is 0 Å². The highest BCUT2D eigenvalue weighted by Gasteiger charge is 2.22. The van der Waals surface area contributed by atoms with Gasteiger partial charge in [0.05, 0.1) is 0 Å². The zero-order chi connectivity index (χ0) is 15.8. The first-order chi connectivity index (χ1) is 9.59. The molecule has 0 amide bonds. The van der Waals surface area contributed by atoms with Gasteiger partial charge in [-0.15, -0.1) is 0 Å². The maximum atomic E-state index is 2.40. The number of hydrogen-bond donors (Lipinski definition) is 0. The molecule has 0 nitrogen and oxygen atoms in total. The zero-order valence-corrected chi connectivity index (χ0v) is 14.5. The van der Waals surface area contributed by atoms with Crippen molar-refractivity contribution in [2.24, 2.45) is 0 Å². The highest BCUT2D eigenvalue weighted by molar-refractivity contribution is 5.69. The van der Waals surface area contributed by atoms with Gasteiger partial charge in [-0.2, -0.15) is 0 Å². The Morgan fingerprint density at radius 3 is 1.71 bits per heavy atom. The highest BCUT2D eigenvalue weighted by Crippen LogP contribution is 2.36. The Hall–Kier alpha value is -1.56. The molecule has 0 radical (unpaired) electrons. The van der Waals surface area contributed by atoms with Crippen molar-refractivity contribution < 1.29 is 0 Å². The normalized spacial score (nSPS) is 12.5. The summed E-state index contributed by atoms with van der Waals surface area (Å²) in [6.07, 6.45) is 0. The minimum atomic E-state index is 0.140. The molecule has 112 valence electrons. The molecule has 0 N–H and O–H groups in total. The van der Waals surface area contributed by atoms with Crippen LogP contribution in [0.3, 0.4) is 0 Å². The van der Waals surface area contributed by atoms with Gasteiger partial charge >= 0.3 is 0 Å². The highest BCUT2D eigenvalue weighted by atomic mass is 14.3. The summed E-state index contributed by atoms with van der Waals surface area (Å²) in [6.45, 7) is 15.9. The van der Waals surface area contributed by atoms with Crippen molar-refractivity contribution in [3.63, 3.8) is 0 Å². The van der Waals surface area contributed by atoms with E-state index in [2.05, 4.69) is 90.9 Å². The lowest BCUT2D eigenvalue weighted by atomic mass is 9.77. The molecule has 2 aromatic rings. The SMILES string of the molecule is Cc1ccc(-c2ccc(C(C)(C)C)cc2C(C)(C)C)cc1. The Bertz CT molecular complexity index is 617. The molecule has 21 heavy (non-hydrogen) atoms. The molecule has 0 unspecified atom stereocenters. The van der Waals surface area contributed by atoms with Crippen LogP contribution in [0.25, 0.3) is 11.1 Å². The van der Waals surface area contributed by atoms with Crippen molar-refractivity contribution in [3.8, 4) is 11.1 Å². The topological polar surface area (TPSA) is 0 Å². The summed E-state index contributed by atoms with van der Waals surface area (Å²) in [5.41, 5.74) is 7.14. The van der Waals surface area contributed by atoms with Crippen LogP contribution < -0.4 is 0 Å². The number of aryl methyl sites for hydroxylation is 1. The first kappa shape index (κ1) is 15.8. The van der Waals surface area contributed by atoms with Crippen molar-refractivity contribution in [2.75, 3.05) is 0 Å². The third-order valence-electron chi connectivity index (χ3n) is 4.06. The molecule has 0 fully saturated rings. The molecule has 2 rings (SSSR count). The second-order valence-corrected chi connectivity index (χ2v) is 8.13. The van der Waals surface area contributed by atoms with E-state index in [0.29, 0.717) is 0 Å². The van der Waals surface area contributed by atoms with Crippen LogP contribution in [0.15, 0.2) is 42.5 Å². The molecular weight excluding hydrogens is 252 g/mol. The molecule has 0 heterocycles. The fourth-order valence-electron chi connectivity index (χ4n) is 2.62. The van der Waals surface area contributed by atoms with Crippen LogP contribution in [0.4, 0.5) is 0 Å². The van der Waals surface area contributed by atoms with E-state index in [-0.39, 0.29) is 10.8 Å². The average molecular weight is 280 g/mol. The number of hydrogen-bond acceptors (Lipinski definition) is 0. The van der Waals surface area contributed by atoms with E-state index in [1.807, 2.05) is 0 Å². The molecule has 2 aromatic carbocycles. The minimum Gasteiger partial charge on any atom is -0.0587 e. The van der Waals surface area contributed by atoms with Gasteiger partial charge in [0.15, 0.2) is 0 Å². The largest absolute Gasteiger partial charge is 0.0587 e. The van der Waals surface area contributed by atoms with Gasteiger partial charge in [-0.05, 0) is 40.0 Å². The molecule has 0 atom stereocenters. The third-order valence-corrected chi connectivity index (χ3v) is 4.06. The fraction of sp³-hybridized carbons (Fsp3) is 0.429. The molecule has 0 saturated carbocycles. The molecule has 0 aliphatic rings. The summed E-state index contributed by atoms with van der Waals surface area (Å²) in [7, 11) is 0. The van der Waals surface area contributed by atoms with Crippen molar-refractivity contribution in [1.29, 1.82) is 0 Å². The van der Waals surface area contributed by atoms with Gasteiger partial charge < -0.3 is 0 Å². The molecule has 0 aliphatic carbocycles. The van der Waals surface area contributed by atoms with E-state index in [4.69, 9.17) is 0 Å². The third kappa shape index (κ3) is 3.56. The van der Waals surface area contributed by atoms with Crippen LogP contribution in [0, 0.1) is 6.92 Å².